The third-order valence-corrected chi connectivity index (χ3v) is 5.36. The predicted octanol–water partition coefficient (Wildman–Crippen LogP) is 4.14. The molecule has 0 fully saturated rings. The number of benzene rings is 2. The maximum Gasteiger partial charge on any atom is 0.416 e. The zero-order chi connectivity index (χ0) is 20.3. The van der Waals surface area contributed by atoms with Crippen molar-refractivity contribution in [1.82, 2.24) is 19.7 Å². The van der Waals surface area contributed by atoms with Crippen molar-refractivity contribution in [3.63, 3.8) is 0 Å². The first-order valence-electron chi connectivity index (χ1n) is 9.82. The quantitative estimate of drug-likeness (QED) is 0.646. The van der Waals surface area contributed by atoms with Crippen molar-refractivity contribution in [3.05, 3.63) is 82.9 Å². The van der Waals surface area contributed by atoms with E-state index in [1.54, 1.807) is 12.1 Å². The maximum atomic E-state index is 12.7. The summed E-state index contributed by atoms with van der Waals surface area (Å²) < 4.78 is 40.4. The average molecular weight is 400 g/mol. The zero-order valence-corrected chi connectivity index (χ0v) is 16.1. The fraction of sp³-hybridized carbons (Fsp3) is 0.364. The van der Waals surface area contributed by atoms with E-state index < -0.39 is 11.7 Å². The third-order valence-electron chi connectivity index (χ3n) is 5.36. The van der Waals surface area contributed by atoms with Crippen molar-refractivity contribution in [2.75, 3.05) is 13.1 Å². The van der Waals surface area contributed by atoms with Crippen molar-refractivity contribution in [3.8, 4) is 0 Å². The summed E-state index contributed by atoms with van der Waals surface area (Å²) in [7, 11) is 0. The van der Waals surface area contributed by atoms with Crippen molar-refractivity contribution in [2.45, 2.75) is 38.5 Å². The molecule has 29 heavy (non-hydrogen) atoms. The predicted molar refractivity (Wildman–Crippen MR) is 104 cm³/mol. The molecule has 0 saturated heterocycles. The van der Waals surface area contributed by atoms with Gasteiger partial charge in [0.05, 0.1) is 5.56 Å². The Morgan fingerprint density at radius 2 is 1.55 bits per heavy atom. The summed E-state index contributed by atoms with van der Waals surface area (Å²) in [6, 6.07) is 15.8. The van der Waals surface area contributed by atoms with Crippen LogP contribution in [0.5, 0.6) is 0 Å². The SMILES string of the molecule is FC(F)(F)c1ccc(CN2CCc3nnc(CCc4ccccc4)n3CC2)cc1. The molecule has 0 atom stereocenters. The molecule has 1 aliphatic heterocycles. The Morgan fingerprint density at radius 3 is 2.28 bits per heavy atom. The topological polar surface area (TPSA) is 34.0 Å². The van der Waals surface area contributed by atoms with Crippen LogP contribution in [0.25, 0.3) is 0 Å². The minimum Gasteiger partial charge on any atom is -0.314 e. The maximum absolute atomic E-state index is 12.7. The Morgan fingerprint density at radius 1 is 0.793 bits per heavy atom. The van der Waals surface area contributed by atoms with Gasteiger partial charge < -0.3 is 4.57 Å². The Balaban J connectivity index is 1.36. The van der Waals surface area contributed by atoms with Gasteiger partial charge >= 0.3 is 6.18 Å². The Kier molecular flexibility index (Phi) is 5.67. The van der Waals surface area contributed by atoms with E-state index >= 15 is 0 Å². The van der Waals surface area contributed by atoms with E-state index in [2.05, 4.69) is 31.8 Å². The number of hydrogen-bond donors (Lipinski definition) is 0. The highest BCUT2D eigenvalue weighted by molar-refractivity contribution is 5.24. The van der Waals surface area contributed by atoms with E-state index in [0.717, 1.165) is 68.2 Å². The minimum absolute atomic E-state index is 0.605. The molecule has 2 aromatic carbocycles. The molecule has 1 aromatic heterocycles. The Hall–Kier alpha value is -2.67. The number of alkyl halides is 3. The molecule has 0 spiro atoms. The van der Waals surface area contributed by atoms with E-state index in [1.165, 1.54) is 5.56 Å². The first-order chi connectivity index (χ1) is 14.0. The highest BCUT2D eigenvalue weighted by Gasteiger charge is 2.30. The zero-order valence-electron chi connectivity index (χ0n) is 16.1. The van der Waals surface area contributed by atoms with Crippen LogP contribution in [-0.4, -0.2) is 32.8 Å². The number of aromatic nitrogens is 3. The highest BCUT2D eigenvalue weighted by atomic mass is 19.4. The molecule has 0 bridgehead atoms. The van der Waals surface area contributed by atoms with Gasteiger partial charge in [0, 0.05) is 39.0 Å². The van der Waals surface area contributed by atoms with Gasteiger partial charge in [-0.1, -0.05) is 42.5 Å². The van der Waals surface area contributed by atoms with Gasteiger partial charge in [0.2, 0.25) is 0 Å². The second-order valence-corrected chi connectivity index (χ2v) is 7.39. The standard InChI is InChI=1S/C22H23F3N4/c23-22(24,25)19-9-6-18(7-10-19)16-28-13-12-21-27-26-20(29(21)15-14-28)11-8-17-4-2-1-3-5-17/h1-7,9-10H,8,11-16H2. The number of halogens is 3. The van der Waals surface area contributed by atoms with Crippen LogP contribution in [0, 0.1) is 0 Å². The van der Waals surface area contributed by atoms with Crippen LogP contribution in [0.1, 0.15) is 28.3 Å². The summed E-state index contributed by atoms with van der Waals surface area (Å²) in [6.45, 7) is 3.07. The molecule has 2 heterocycles. The average Bonchev–Trinajstić information content (AvgIpc) is 2.99. The van der Waals surface area contributed by atoms with Gasteiger partial charge in [0.1, 0.15) is 11.6 Å². The van der Waals surface area contributed by atoms with Crippen LogP contribution in [0.2, 0.25) is 0 Å². The molecule has 0 saturated carbocycles. The molecular weight excluding hydrogens is 377 g/mol. The molecule has 0 N–H and O–H groups in total. The number of aryl methyl sites for hydroxylation is 2. The minimum atomic E-state index is -4.29. The largest absolute Gasteiger partial charge is 0.416 e. The molecule has 3 aromatic rings. The number of hydrogen-bond acceptors (Lipinski definition) is 3. The molecular formula is C22H23F3N4. The summed E-state index contributed by atoms with van der Waals surface area (Å²) in [6.07, 6.45) is -1.73. The molecule has 0 unspecified atom stereocenters. The van der Waals surface area contributed by atoms with Gasteiger partial charge in [-0.05, 0) is 29.7 Å². The van der Waals surface area contributed by atoms with Crippen LogP contribution >= 0.6 is 0 Å². The number of rotatable bonds is 5. The highest BCUT2D eigenvalue weighted by Crippen LogP contribution is 2.29. The van der Waals surface area contributed by atoms with Gasteiger partial charge in [0.15, 0.2) is 0 Å². The van der Waals surface area contributed by atoms with Crippen molar-refractivity contribution >= 4 is 0 Å². The smallest absolute Gasteiger partial charge is 0.314 e. The Labute approximate surface area is 168 Å². The molecule has 7 heteroatoms. The van der Waals surface area contributed by atoms with Gasteiger partial charge in [-0.2, -0.15) is 13.2 Å². The lowest BCUT2D eigenvalue weighted by Crippen LogP contribution is -2.26. The lowest BCUT2D eigenvalue weighted by Gasteiger charge is -2.20. The monoisotopic (exact) mass is 400 g/mol. The summed E-state index contributed by atoms with van der Waals surface area (Å²) in [4.78, 5) is 2.26. The number of fused-ring (bicyclic) bond motifs is 1. The molecule has 0 radical (unpaired) electrons. The van der Waals surface area contributed by atoms with Crippen LogP contribution in [-0.2, 0) is 38.5 Å². The van der Waals surface area contributed by atoms with Crippen molar-refractivity contribution in [1.29, 1.82) is 0 Å². The fourth-order valence-electron chi connectivity index (χ4n) is 3.73. The van der Waals surface area contributed by atoms with Crippen molar-refractivity contribution in [2.24, 2.45) is 0 Å². The normalized spacial score (nSPS) is 15.1. The molecule has 152 valence electrons. The van der Waals surface area contributed by atoms with Crippen LogP contribution in [0.4, 0.5) is 13.2 Å². The van der Waals surface area contributed by atoms with Gasteiger partial charge in [-0.15, -0.1) is 10.2 Å². The van der Waals surface area contributed by atoms with Crippen molar-refractivity contribution < 1.29 is 13.2 Å². The molecule has 1 aliphatic rings. The third kappa shape index (κ3) is 4.85. The van der Waals surface area contributed by atoms with E-state index in [1.807, 2.05) is 18.2 Å². The Bertz CT molecular complexity index is 933. The van der Waals surface area contributed by atoms with Gasteiger partial charge in [-0.3, -0.25) is 4.90 Å². The molecule has 4 rings (SSSR count). The van der Waals surface area contributed by atoms with E-state index in [9.17, 15) is 13.2 Å². The second-order valence-electron chi connectivity index (χ2n) is 7.39. The molecule has 4 nitrogen and oxygen atoms in total. The first kappa shape index (κ1) is 19.6. The van der Waals surface area contributed by atoms with E-state index in [0.29, 0.717) is 6.54 Å². The van der Waals surface area contributed by atoms with Crippen LogP contribution in [0.15, 0.2) is 54.6 Å². The summed E-state index contributed by atoms with van der Waals surface area (Å²) in [5, 5.41) is 8.75. The van der Waals surface area contributed by atoms with E-state index in [4.69, 9.17) is 0 Å². The molecule has 0 aliphatic carbocycles. The van der Waals surface area contributed by atoms with Crippen LogP contribution in [0.3, 0.4) is 0 Å². The summed E-state index contributed by atoms with van der Waals surface area (Å²) in [5.41, 5.74) is 1.56. The lowest BCUT2D eigenvalue weighted by atomic mass is 10.1. The lowest BCUT2D eigenvalue weighted by molar-refractivity contribution is -0.137. The van der Waals surface area contributed by atoms with E-state index in [-0.39, 0.29) is 0 Å². The number of nitrogens with zero attached hydrogens (tertiary/aromatic N) is 4. The first-order valence-corrected chi connectivity index (χ1v) is 9.82. The second kappa shape index (κ2) is 8.37. The molecule has 0 amide bonds. The van der Waals surface area contributed by atoms with Gasteiger partial charge in [-0.25, -0.2) is 0 Å². The van der Waals surface area contributed by atoms with Crippen LogP contribution < -0.4 is 0 Å². The summed E-state index contributed by atoms with van der Waals surface area (Å²) in [5.74, 6) is 1.99. The van der Waals surface area contributed by atoms with Gasteiger partial charge in [0.25, 0.3) is 0 Å². The summed E-state index contributed by atoms with van der Waals surface area (Å²) >= 11 is 0. The fourth-order valence-corrected chi connectivity index (χ4v) is 3.73.